The van der Waals surface area contributed by atoms with Crippen LogP contribution in [0.15, 0.2) is 42.5 Å². The summed E-state index contributed by atoms with van der Waals surface area (Å²) in [5.41, 5.74) is 11.0. The minimum atomic E-state index is 0.654. The van der Waals surface area contributed by atoms with Gasteiger partial charge in [-0.3, -0.25) is 4.90 Å². The molecule has 0 saturated carbocycles. The molecule has 2 N–H and O–H groups in total. The zero-order valence-corrected chi connectivity index (χ0v) is 16.4. The molecule has 2 aliphatic heterocycles. The van der Waals surface area contributed by atoms with E-state index in [9.17, 15) is 0 Å². The van der Waals surface area contributed by atoms with Crippen molar-refractivity contribution in [1.82, 2.24) is 9.80 Å². The Morgan fingerprint density at radius 1 is 1.04 bits per heavy atom. The Kier molecular flexibility index (Phi) is 5.65. The highest BCUT2D eigenvalue weighted by molar-refractivity contribution is 5.40. The Morgan fingerprint density at radius 2 is 1.89 bits per heavy atom. The molecule has 0 radical (unpaired) electrons. The van der Waals surface area contributed by atoms with E-state index in [1.807, 2.05) is 12.1 Å². The highest BCUT2D eigenvalue weighted by atomic mass is 16.5. The van der Waals surface area contributed by atoms with Crippen molar-refractivity contribution < 1.29 is 4.74 Å². The zero-order chi connectivity index (χ0) is 18.6. The Bertz CT molecular complexity index is 768. The van der Waals surface area contributed by atoms with Crippen molar-refractivity contribution in [3.8, 4) is 5.75 Å². The molecule has 1 saturated heterocycles. The molecule has 4 heteroatoms. The first kappa shape index (κ1) is 18.3. The lowest BCUT2D eigenvalue weighted by atomic mass is 9.97. The normalized spacial score (nSPS) is 19.0. The topological polar surface area (TPSA) is 41.7 Å². The van der Waals surface area contributed by atoms with Crippen LogP contribution in [0.25, 0.3) is 0 Å². The van der Waals surface area contributed by atoms with Crippen LogP contribution in [0, 0.1) is 5.92 Å². The molecule has 144 valence electrons. The van der Waals surface area contributed by atoms with Crippen LogP contribution in [0.3, 0.4) is 0 Å². The maximum atomic E-state index is 6.16. The standard InChI is InChI=1S/C23H31N3O/c1-25-10-9-20-5-6-23(14-21(20)16-25)27-17-18-7-11-26(12-8-18)15-19-3-2-4-22(24)13-19/h2-6,13-14,18H,7-12,15-17,24H2,1H3. The number of benzene rings is 2. The lowest BCUT2D eigenvalue weighted by Gasteiger charge is -2.32. The monoisotopic (exact) mass is 365 g/mol. The molecule has 0 aromatic heterocycles. The van der Waals surface area contributed by atoms with E-state index in [-0.39, 0.29) is 0 Å². The average Bonchev–Trinajstić information content (AvgIpc) is 2.67. The number of anilines is 1. The Labute approximate surface area is 162 Å². The second kappa shape index (κ2) is 8.32. The largest absolute Gasteiger partial charge is 0.493 e. The van der Waals surface area contributed by atoms with Crippen molar-refractivity contribution >= 4 is 5.69 Å². The van der Waals surface area contributed by atoms with E-state index in [4.69, 9.17) is 10.5 Å². The van der Waals surface area contributed by atoms with Gasteiger partial charge in [-0.2, -0.15) is 0 Å². The summed E-state index contributed by atoms with van der Waals surface area (Å²) in [6.45, 7) is 6.30. The molecule has 1 fully saturated rings. The summed E-state index contributed by atoms with van der Waals surface area (Å²) >= 11 is 0. The summed E-state index contributed by atoms with van der Waals surface area (Å²) in [5.74, 6) is 1.69. The van der Waals surface area contributed by atoms with E-state index in [0.29, 0.717) is 5.92 Å². The summed E-state index contributed by atoms with van der Waals surface area (Å²) in [5, 5.41) is 0. The van der Waals surface area contributed by atoms with Gasteiger partial charge in [0.05, 0.1) is 6.61 Å². The third-order valence-corrected chi connectivity index (χ3v) is 5.93. The van der Waals surface area contributed by atoms with Crippen LogP contribution in [-0.2, 0) is 19.5 Å². The molecule has 2 heterocycles. The summed E-state index contributed by atoms with van der Waals surface area (Å²) < 4.78 is 6.16. The summed E-state index contributed by atoms with van der Waals surface area (Å²) in [4.78, 5) is 4.90. The zero-order valence-electron chi connectivity index (χ0n) is 16.4. The van der Waals surface area contributed by atoms with Gasteiger partial charge in [0.1, 0.15) is 5.75 Å². The molecule has 0 bridgehead atoms. The van der Waals surface area contributed by atoms with Gasteiger partial charge in [0.25, 0.3) is 0 Å². The second-order valence-electron chi connectivity index (χ2n) is 8.19. The van der Waals surface area contributed by atoms with E-state index < -0.39 is 0 Å². The van der Waals surface area contributed by atoms with Gasteiger partial charge in [0.15, 0.2) is 0 Å². The van der Waals surface area contributed by atoms with Crippen LogP contribution >= 0.6 is 0 Å². The first-order valence-corrected chi connectivity index (χ1v) is 10.2. The number of likely N-dealkylation sites (tertiary alicyclic amines) is 1. The van der Waals surface area contributed by atoms with E-state index in [1.54, 1.807) is 0 Å². The number of nitrogens with zero attached hydrogens (tertiary/aromatic N) is 2. The number of fused-ring (bicyclic) bond motifs is 1. The van der Waals surface area contributed by atoms with Crippen molar-refractivity contribution in [2.75, 3.05) is 39.0 Å². The number of likely N-dealkylation sites (N-methyl/N-ethyl adjacent to an activating group) is 1. The van der Waals surface area contributed by atoms with Crippen molar-refractivity contribution in [3.05, 3.63) is 59.2 Å². The smallest absolute Gasteiger partial charge is 0.119 e. The van der Waals surface area contributed by atoms with E-state index in [2.05, 4.69) is 47.2 Å². The molecular weight excluding hydrogens is 334 g/mol. The molecule has 2 aromatic carbocycles. The average molecular weight is 366 g/mol. The third-order valence-electron chi connectivity index (χ3n) is 5.93. The van der Waals surface area contributed by atoms with E-state index >= 15 is 0 Å². The summed E-state index contributed by atoms with van der Waals surface area (Å²) in [6.07, 6.45) is 3.56. The first-order chi connectivity index (χ1) is 13.2. The number of ether oxygens (including phenoxy) is 1. The van der Waals surface area contributed by atoms with Gasteiger partial charge in [-0.05, 0) is 86.3 Å². The van der Waals surface area contributed by atoms with Crippen LogP contribution in [0.4, 0.5) is 5.69 Å². The van der Waals surface area contributed by atoms with Crippen LogP contribution < -0.4 is 10.5 Å². The summed E-state index contributed by atoms with van der Waals surface area (Å²) in [6, 6.07) is 14.9. The fourth-order valence-electron chi connectivity index (χ4n) is 4.24. The molecular formula is C23H31N3O. The maximum Gasteiger partial charge on any atom is 0.119 e. The van der Waals surface area contributed by atoms with Gasteiger partial charge < -0.3 is 15.4 Å². The van der Waals surface area contributed by atoms with Gasteiger partial charge in [-0.15, -0.1) is 0 Å². The van der Waals surface area contributed by atoms with Crippen molar-refractivity contribution in [2.24, 2.45) is 5.92 Å². The number of nitrogen functional groups attached to an aromatic ring is 1. The molecule has 2 aromatic rings. The highest BCUT2D eigenvalue weighted by Gasteiger charge is 2.20. The first-order valence-electron chi connectivity index (χ1n) is 10.2. The molecule has 0 spiro atoms. The Hall–Kier alpha value is -2.04. The minimum absolute atomic E-state index is 0.654. The SMILES string of the molecule is CN1CCc2ccc(OCC3CCN(Cc4cccc(N)c4)CC3)cc2C1. The number of hydrogen-bond donors (Lipinski definition) is 1. The molecule has 0 unspecified atom stereocenters. The predicted molar refractivity (Wildman–Crippen MR) is 111 cm³/mol. The Balaban J connectivity index is 1.24. The van der Waals surface area contributed by atoms with E-state index in [0.717, 1.165) is 57.2 Å². The number of hydrogen-bond acceptors (Lipinski definition) is 4. The third kappa shape index (κ3) is 4.82. The number of rotatable bonds is 5. The number of nitrogens with two attached hydrogens (primary N) is 1. The van der Waals surface area contributed by atoms with Crippen LogP contribution in [-0.4, -0.2) is 43.1 Å². The van der Waals surface area contributed by atoms with Gasteiger partial charge in [-0.1, -0.05) is 18.2 Å². The molecule has 27 heavy (non-hydrogen) atoms. The molecule has 4 rings (SSSR count). The molecule has 0 amide bonds. The van der Waals surface area contributed by atoms with Crippen molar-refractivity contribution in [2.45, 2.75) is 32.4 Å². The predicted octanol–water partition coefficient (Wildman–Crippen LogP) is 3.55. The fourth-order valence-corrected chi connectivity index (χ4v) is 4.24. The molecule has 0 aliphatic carbocycles. The van der Waals surface area contributed by atoms with Gasteiger partial charge >= 0.3 is 0 Å². The molecule has 4 nitrogen and oxygen atoms in total. The Morgan fingerprint density at radius 3 is 2.70 bits per heavy atom. The van der Waals surface area contributed by atoms with Gasteiger partial charge in [0.2, 0.25) is 0 Å². The van der Waals surface area contributed by atoms with Crippen molar-refractivity contribution in [3.63, 3.8) is 0 Å². The fraction of sp³-hybridized carbons (Fsp3) is 0.478. The molecule has 2 aliphatic rings. The lowest BCUT2D eigenvalue weighted by Crippen LogP contribution is -2.35. The van der Waals surface area contributed by atoms with Crippen molar-refractivity contribution in [1.29, 1.82) is 0 Å². The molecule has 0 atom stereocenters. The highest BCUT2D eigenvalue weighted by Crippen LogP contribution is 2.25. The van der Waals surface area contributed by atoms with E-state index in [1.165, 1.54) is 29.5 Å². The van der Waals surface area contributed by atoms with Crippen LogP contribution in [0.2, 0.25) is 0 Å². The lowest BCUT2D eigenvalue weighted by molar-refractivity contribution is 0.136. The maximum absolute atomic E-state index is 6.16. The van der Waals surface area contributed by atoms with Gasteiger partial charge in [-0.25, -0.2) is 0 Å². The minimum Gasteiger partial charge on any atom is -0.493 e. The second-order valence-corrected chi connectivity index (χ2v) is 8.19. The van der Waals surface area contributed by atoms with Crippen LogP contribution in [0.5, 0.6) is 5.75 Å². The van der Waals surface area contributed by atoms with Crippen LogP contribution in [0.1, 0.15) is 29.5 Å². The quantitative estimate of drug-likeness (QED) is 0.823. The van der Waals surface area contributed by atoms with Gasteiger partial charge in [0, 0.05) is 25.3 Å². The number of piperidine rings is 1. The summed E-state index contributed by atoms with van der Waals surface area (Å²) in [7, 11) is 2.19.